The predicted molar refractivity (Wildman–Crippen MR) is 91.0 cm³/mol. The number of esters is 2. The third-order valence-electron chi connectivity index (χ3n) is 6.56. The minimum absolute atomic E-state index is 0.0514. The molecule has 4 rings (SSSR count). The number of carbonyl (C=O) groups excluding carboxylic acids is 4. The minimum atomic E-state index is -0.672. The van der Waals surface area contributed by atoms with Crippen LogP contribution in [0.4, 0.5) is 0 Å². The van der Waals surface area contributed by atoms with Crippen molar-refractivity contribution in [2.24, 2.45) is 41.4 Å². The summed E-state index contributed by atoms with van der Waals surface area (Å²) in [6.07, 6.45) is 4.08. The first-order valence-corrected chi connectivity index (χ1v) is 9.71. The number of Topliss-reactive ketones (excluding diaryl/α,β-unsaturated/α-hetero) is 2. The highest BCUT2D eigenvalue weighted by Crippen LogP contribution is 2.64. The van der Waals surface area contributed by atoms with Crippen molar-refractivity contribution in [1.29, 1.82) is 0 Å². The summed E-state index contributed by atoms with van der Waals surface area (Å²) in [6, 6.07) is 0. The first-order valence-electron chi connectivity index (χ1n) is 9.71. The fourth-order valence-corrected chi connectivity index (χ4v) is 5.62. The molecule has 7 nitrogen and oxygen atoms in total. The molecular formula is C20H24O7. The van der Waals surface area contributed by atoms with Gasteiger partial charge in [0.15, 0.2) is 6.61 Å². The number of rotatable bonds is 7. The number of ketones is 2. The van der Waals surface area contributed by atoms with Gasteiger partial charge in [0.2, 0.25) is 6.29 Å². The highest BCUT2D eigenvalue weighted by Gasteiger charge is 2.69. The summed E-state index contributed by atoms with van der Waals surface area (Å²) >= 11 is 0. The van der Waals surface area contributed by atoms with Gasteiger partial charge in [-0.1, -0.05) is 19.1 Å². The summed E-state index contributed by atoms with van der Waals surface area (Å²) in [7, 11) is 0. The van der Waals surface area contributed by atoms with Crippen molar-refractivity contribution in [3.8, 4) is 0 Å². The fraction of sp³-hybridized carbons (Fsp3) is 0.700. The van der Waals surface area contributed by atoms with E-state index in [1.807, 2.05) is 19.1 Å². The molecule has 146 valence electrons. The summed E-state index contributed by atoms with van der Waals surface area (Å²) in [4.78, 5) is 49.4. The Morgan fingerprint density at radius 3 is 2.48 bits per heavy atom. The summed E-state index contributed by atoms with van der Waals surface area (Å²) in [6.45, 7) is 3.54. The molecule has 0 N–H and O–H groups in total. The van der Waals surface area contributed by atoms with E-state index in [9.17, 15) is 19.2 Å². The lowest BCUT2D eigenvalue weighted by Gasteiger charge is -2.33. The average Bonchev–Trinajstić information content (AvgIpc) is 3.35. The van der Waals surface area contributed by atoms with Crippen molar-refractivity contribution in [3.63, 3.8) is 0 Å². The molecule has 0 saturated heterocycles. The van der Waals surface area contributed by atoms with E-state index in [-0.39, 0.29) is 41.2 Å². The highest BCUT2D eigenvalue weighted by atomic mass is 16.7. The second-order valence-electron chi connectivity index (χ2n) is 7.76. The van der Waals surface area contributed by atoms with Gasteiger partial charge in [-0.05, 0) is 25.2 Å². The maximum absolute atomic E-state index is 12.7. The Balaban J connectivity index is 1.36. The predicted octanol–water partition coefficient (Wildman–Crippen LogP) is 1.30. The molecule has 0 aliphatic heterocycles. The lowest BCUT2D eigenvalue weighted by molar-refractivity contribution is -0.186. The summed E-state index contributed by atoms with van der Waals surface area (Å²) < 4.78 is 15.5. The Bertz CT molecular complexity index is 711. The molecule has 3 saturated carbocycles. The van der Waals surface area contributed by atoms with E-state index in [2.05, 4.69) is 0 Å². The van der Waals surface area contributed by atoms with Crippen LogP contribution < -0.4 is 0 Å². The molecule has 8 atom stereocenters. The van der Waals surface area contributed by atoms with Crippen LogP contribution in [-0.4, -0.2) is 43.0 Å². The van der Waals surface area contributed by atoms with Gasteiger partial charge in [0.05, 0.1) is 5.92 Å². The Morgan fingerprint density at radius 2 is 1.81 bits per heavy atom. The van der Waals surface area contributed by atoms with Crippen LogP contribution in [0.1, 0.15) is 26.7 Å². The van der Waals surface area contributed by atoms with Crippen LogP contribution in [0.5, 0.6) is 0 Å². The largest absolute Gasteiger partial charge is 0.453 e. The van der Waals surface area contributed by atoms with Gasteiger partial charge in [0.1, 0.15) is 11.6 Å². The van der Waals surface area contributed by atoms with E-state index >= 15 is 0 Å². The van der Waals surface area contributed by atoms with Gasteiger partial charge in [-0.15, -0.1) is 0 Å². The molecule has 0 heterocycles. The zero-order valence-corrected chi connectivity index (χ0v) is 15.5. The van der Waals surface area contributed by atoms with Crippen LogP contribution in [0.3, 0.4) is 0 Å². The number of fused-ring (bicyclic) bond motifs is 9. The van der Waals surface area contributed by atoms with Gasteiger partial charge in [-0.2, -0.15) is 0 Å². The van der Waals surface area contributed by atoms with E-state index in [0.717, 1.165) is 0 Å². The van der Waals surface area contributed by atoms with Gasteiger partial charge in [0.25, 0.3) is 0 Å². The maximum atomic E-state index is 12.7. The van der Waals surface area contributed by atoms with Crippen molar-refractivity contribution in [2.75, 3.05) is 13.2 Å². The van der Waals surface area contributed by atoms with Crippen LogP contribution >= 0.6 is 0 Å². The van der Waals surface area contributed by atoms with Gasteiger partial charge in [0, 0.05) is 36.7 Å². The third-order valence-corrected chi connectivity index (χ3v) is 6.56. The number of carbonyl (C=O) groups is 4. The van der Waals surface area contributed by atoms with Crippen LogP contribution in [0.2, 0.25) is 0 Å². The lowest BCUT2D eigenvalue weighted by Crippen LogP contribution is -2.36. The standard InChI is InChI=1S/C20H24O7/c1-3-14(25-4-2)27-13(21)8-26-20(24)12-7-11-15-9-5-6-10(18(9)22)16(15)17(12)19(11)23/h5-6,9-12,14-17H,3-4,7-8H2,1-2H3. The van der Waals surface area contributed by atoms with Crippen molar-refractivity contribution < 1.29 is 33.4 Å². The number of ether oxygens (including phenoxy) is 3. The van der Waals surface area contributed by atoms with Gasteiger partial charge in [-0.3, -0.25) is 14.4 Å². The third kappa shape index (κ3) is 2.74. The number of hydrogen-bond donors (Lipinski definition) is 0. The van der Waals surface area contributed by atoms with Gasteiger partial charge in [-0.25, -0.2) is 4.79 Å². The second-order valence-corrected chi connectivity index (χ2v) is 7.76. The Hall–Kier alpha value is -2.02. The molecule has 0 amide bonds. The average molecular weight is 376 g/mol. The molecule has 0 aromatic carbocycles. The molecule has 0 radical (unpaired) electrons. The van der Waals surface area contributed by atoms with E-state index < -0.39 is 36.7 Å². The molecule has 8 unspecified atom stereocenters. The first-order chi connectivity index (χ1) is 13.0. The molecule has 4 bridgehead atoms. The fourth-order valence-electron chi connectivity index (χ4n) is 5.62. The molecule has 3 fully saturated rings. The second kappa shape index (κ2) is 6.86. The molecule has 4 aliphatic carbocycles. The van der Waals surface area contributed by atoms with Crippen molar-refractivity contribution in [3.05, 3.63) is 12.2 Å². The molecular weight excluding hydrogens is 352 g/mol. The molecule has 7 heteroatoms. The number of hydrogen-bond acceptors (Lipinski definition) is 7. The summed E-state index contributed by atoms with van der Waals surface area (Å²) in [5, 5.41) is 0. The molecule has 0 spiro atoms. The van der Waals surface area contributed by atoms with Crippen molar-refractivity contribution in [2.45, 2.75) is 33.0 Å². The van der Waals surface area contributed by atoms with Crippen LogP contribution in [0, 0.1) is 41.4 Å². The zero-order valence-electron chi connectivity index (χ0n) is 15.5. The summed E-state index contributed by atoms with van der Waals surface area (Å²) in [5.74, 6) is -2.63. The normalized spacial score (nSPS) is 39.0. The topological polar surface area (TPSA) is 96.0 Å². The van der Waals surface area contributed by atoms with Crippen molar-refractivity contribution >= 4 is 23.5 Å². The first kappa shape index (κ1) is 18.3. The Kier molecular flexibility index (Phi) is 4.66. The highest BCUT2D eigenvalue weighted by molar-refractivity contribution is 6.01. The Morgan fingerprint density at radius 1 is 1.11 bits per heavy atom. The lowest BCUT2D eigenvalue weighted by atomic mass is 9.69. The Labute approximate surface area is 157 Å². The molecule has 0 aromatic rings. The van der Waals surface area contributed by atoms with Crippen LogP contribution in [0.15, 0.2) is 12.2 Å². The molecule has 27 heavy (non-hydrogen) atoms. The number of allylic oxidation sites excluding steroid dienone is 2. The zero-order chi connectivity index (χ0) is 19.3. The van der Waals surface area contributed by atoms with Crippen molar-refractivity contribution in [1.82, 2.24) is 0 Å². The summed E-state index contributed by atoms with van der Waals surface area (Å²) in [5.41, 5.74) is 0. The van der Waals surface area contributed by atoms with E-state index in [4.69, 9.17) is 14.2 Å². The van der Waals surface area contributed by atoms with E-state index in [1.165, 1.54) is 0 Å². The molecule has 4 aliphatic rings. The van der Waals surface area contributed by atoms with E-state index in [0.29, 0.717) is 19.4 Å². The maximum Gasteiger partial charge on any atom is 0.346 e. The monoisotopic (exact) mass is 376 g/mol. The van der Waals surface area contributed by atoms with Crippen LogP contribution in [-0.2, 0) is 33.4 Å². The van der Waals surface area contributed by atoms with Gasteiger partial charge < -0.3 is 14.2 Å². The minimum Gasteiger partial charge on any atom is -0.453 e. The van der Waals surface area contributed by atoms with Crippen LogP contribution in [0.25, 0.3) is 0 Å². The molecule has 0 aromatic heterocycles. The van der Waals surface area contributed by atoms with Gasteiger partial charge >= 0.3 is 11.9 Å². The quantitative estimate of drug-likeness (QED) is 0.286. The SMILES string of the molecule is CCOC(CC)OC(=O)COC(=O)C1CC2C(=O)C1C1C3C=CC(C3=O)C21. The van der Waals surface area contributed by atoms with E-state index in [1.54, 1.807) is 6.92 Å². The smallest absolute Gasteiger partial charge is 0.346 e.